The fourth-order valence-electron chi connectivity index (χ4n) is 5.81. The van der Waals surface area contributed by atoms with Crippen LogP contribution in [-0.2, 0) is 39.5 Å². The molecule has 12 heteroatoms. The first-order chi connectivity index (χ1) is 21.9. The van der Waals surface area contributed by atoms with Gasteiger partial charge in [-0.1, -0.05) is 25.1 Å². The SMILES string of the molecule is C[C@@H]1CN([C@@H](C)CO)C(=O)Cc2cc(NC(=O)Cc3cn(C)c4ccccc34)ccc2O[C@H]1CN(C)S(=O)(=O)c1ccc(F)cc1. The van der Waals surface area contributed by atoms with Gasteiger partial charge in [0.1, 0.15) is 17.7 Å². The van der Waals surface area contributed by atoms with Gasteiger partial charge in [0.15, 0.2) is 0 Å². The summed E-state index contributed by atoms with van der Waals surface area (Å²) in [6.45, 7) is 3.52. The minimum absolute atomic E-state index is 0.0458. The van der Waals surface area contributed by atoms with E-state index in [1.54, 1.807) is 30.0 Å². The third-order valence-corrected chi connectivity index (χ3v) is 10.3. The van der Waals surface area contributed by atoms with Gasteiger partial charge in [-0.05, 0) is 61.0 Å². The third-order valence-electron chi connectivity index (χ3n) is 8.49. The molecule has 0 saturated carbocycles. The van der Waals surface area contributed by atoms with Gasteiger partial charge in [-0.25, -0.2) is 12.8 Å². The van der Waals surface area contributed by atoms with Crippen LogP contribution in [0.5, 0.6) is 5.75 Å². The summed E-state index contributed by atoms with van der Waals surface area (Å²) in [6.07, 6.45) is 1.36. The summed E-state index contributed by atoms with van der Waals surface area (Å²) in [5.74, 6) is -0.942. The average Bonchev–Trinajstić information content (AvgIpc) is 3.35. The Morgan fingerprint density at radius 2 is 1.87 bits per heavy atom. The molecule has 3 aromatic carbocycles. The number of likely N-dealkylation sites (N-methyl/N-ethyl adjacent to an activating group) is 1. The topological polar surface area (TPSA) is 121 Å². The van der Waals surface area contributed by atoms with Gasteiger partial charge in [-0.3, -0.25) is 9.59 Å². The zero-order valence-corrected chi connectivity index (χ0v) is 27.1. The Bertz CT molecular complexity index is 1840. The van der Waals surface area contributed by atoms with E-state index >= 15 is 0 Å². The highest BCUT2D eigenvalue weighted by atomic mass is 32.2. The van der Waals surface area contributed by atoms with Crippen molar-refractivity contribution in [2.24, 2.45) is 13.0 Å². The molecule has 2 N–H and O–H groups in total. The van der Waals surface area contributed by atoms with E-state index in [4.69, 9.17) is 4.74 Å². The fourth-order valence-corrected chi connectivity index (χ4v) is 6.99. The molecule has 244 valence electrons. The van der Waals surface area contributed by atoms with E-state index in [2.05, 4.69) is 5.32 Å². The van der Waals surface area contributed by atoms with Crippen LogP contribution >= 0.6 is 0 Å². The van der Waals surface area contributed by atoms with Crippen LogP contribution in [0.15, 0.2) is 77.8 Å². The van der Waals surface area contributed by atoms with Gasteiger partial charge in [-0.2, -0.15) is 4.31 Å². The smallest absolute Gasteiger partial charge is 0.242 e. The van der Waals surface area contributed by atoms with Crippen molar-refractivity contribution in [3.8, 4) is 5.75 Å². The number of para-hydroxylation sites is 1. The summed E-state index contributed by atoms with van der Waals surface area (Å²) in [5.41, 5.74) is 2.93. The van der Waals surface area contributed by atoms with E-state index in [1.807, 2.05) is 49.0 Å². The van der Waals surface area contributed by atoms with Gasteiger partial charge in [-0.15, -0.1) is 0 Å². The summed E-state index contributed by atoms with van der Waals surface area (Å²) in [5, 5.41) is 13.9. The predicted octanol–water partition coefficient (Wildman–Crippen LogP) is 3.97. The normalized spacial score (nSPS) is 18.0. The molecule has 5 rings (SSSR count). The van der Waals surface area contributed by atoms with Crippen molar-refractivity contribution in [3.63, 3.8) is 0 Å². The van der Waals surface area contributed by atoms with Crippen molar-refractivity contribution >= 4 is 38.4 Å². The van der Waals surface area contributed by atoms with Crippen molar-refractivity contribution in [1.29, 1.82) is 0 Å². The molecule has 1 aliphatic rings. The minimum Gasteiger partial charge on any atom is -0.488 e. The first kappa shape index (κ1) is 33.1. The third kappa shape index (κ3) is 7.09. The number of aryl methyl sites for hydroxylation is 1. The number of hydrogen-bond acceptors (Lipinski definition) is 6. The van der Waals surface area contributed by atoms with Crippen molar-refractivity contribution in [1.82, 2.24) is 13.8 Å². The number of halogens is 1. The second kappa shape index (κ2) is 13.6. The molecule has 0 fully saturated rings. The fraction of sp³-hybridized carbons (Fsp3) is 0.353. The monoisotopic (exact) mass is 650 g/mol. The van der Waals surface area contributed by atoms with Gasteiger partial charge in [0.25, 0.3) is 0 Å². The molecule has 4 aromatic rings. The number of aliphatic hydroxyl groups is 1. The number of ether oxygens (including phenoxy) is 1. The summed E-state index contributed by atoms with van der Waals surface area (Å²) in [6, 6.07) is 17.0. The highest BCUT2D eigenvalue weighted by Gasteiger charge is 2.33. The van der Waals surface area contributed by atoms with Crippen molar-refractivity contribution in [2.75, 3.05) is 32.1 Å². The second-order valence-electron chi connectivity index (χ2n) is 12.0. The lowest BCUT2D eigenvalue weighted by molar-refractivity contribution is -0.134. The second-order valence-corrected chi connectivity index (χ2v) is 14.0. The molecule has 0 radical (unpaired) electrons. The summed E-state index contributed by atoms with van der Waals surface area (Å²) >= 11 is 0. The Kier molecular flexibility index (Phi) is 9.80. The maximum atomic E-state index is 13.6. The van der Waals surface area contributed by atoms with E-state index in [9.17, 15) is 27.5 Å². The van der Waals surface area contributed by atoms with Crippen molar-refractivity contribution in [3.05, 3.63) is 89.9 Å². The Morgan fingerprint density at radius 1 is 1.15 bits per heavy atom. The number of amides is 2. The number of carbonyl (C=O) groups excluding carboxylic acids is 2. The van der Waals surface area contributed by atoms with Gasteiger partial charge in [0.05, 0.1) is 36.9 Å². The highest BCUT2D eigenvalue weighted by Crippen LogP contribution is 2.30. The Balaban J connectivity index is 1.41. The summed E-state index contributed by atoms with van der Waals surface area (Å²) in [4.78, 5) is 28.2. The van der Waals surface area contributed by atoms with Crippen molar-refractivity contribution < 1.29 is 32.2 Å². The molecule has 0 bridgehead atoms. The van der Waals surface area contributed by atoms with Gasteiger partial charge in [0, 0.05) is 54.9 Å². The van der Waals surface area contributed by atoms with Crippen LogP contribution in [0.25, 0.3) is 10.9 Å². The van der Waals surface area contributed by atoms with Crippen LogP contribution in [0.3, 0.4) is 0 Å². The number of sulfonamides is 1. The number of benzene rings is 3. The first-order valence-corrected chi connectivity index (χ1v) is 16.6. The molecule has 3 atom stereocenters. The average molecular weight is 651 g/mol. The number of carbonyl (C=O) groups is 2. The number of fused-ring (bicyclic) bond motifs is 2. The number of nitrogens with zero attached hydrogens (tertiary/aromatic N) is 3. The zero-order valence-electron chi connectivity index (χ0n) is 26.3. The molecular formula is C34H39FN4O6S. The number of aromatic nitrogens is 1. The lowest BCUT2D eigenvalue weighted by Crippen LogP contribution is -2.48. The molecule has 46 heavy (non-hydrogen) atoms. The van der Waals surface area contributed by atoms with Crippen LogP contribution < -0.4 is 10.1 Å². The Hall–Kier alpha value is -4.26. The largest absolute Gasteiger partial charge is 0.488 e. The standard InChI is InChI=1S/C34H39FN4O6S/c1-22-18-39(23(2)21-40)34(42)17-24-15-27(36-33(41)16-25-19-37(3)30-8-6-5-7-29(25)30)11-14-31(24)45-32(22)20-38(4)46(43,44)28-12-9-26(35)10-13-28/h5-15,19,22-23,32,40H,16-18,20-21H2,1-4H3,(H,36,41)/t22-,23+,32+/m1/s1. The van der Waals surface area contributed by atoms with Crippen LogP contribution in [0, 0.1) is 11.7 Å². The number of aliphatic hydroxyl groups excluding tert-OH is 1. The van der Waals surface area contributed by atoms with Crippen LogP contribution in [-0.4, -0.2) is 78.0 Å². The first-order valence-electron chi connectivity index (χ1n) is 15.1. The van der Waals surface area contributed by atoms with Gasteiger partial charge in [0.2, 0.25) is 21.8 Å². The quantitative estimate of drug-likeness (QED) is 0.283. The molecular weight excluding hydrogens is 611 g/mol. The maximum Gasteiger partial charge on any atom is 0.242 e. The molecule has 0 unspecified atom stereocenters. The number of hydrogen-bond donors (Lipinski definition) is 2. The van der Waals surface area contributed by atoms with E-state index < -0.39 is 28.0 Å². The maximum absolute atomic E-state index is 13.6. The molecule has 0 saturated heterocycles. The predicted molar refractivity (Wildman–Crippen MR) is 173 cm³/mol. The van der Waals surface area contributed by atoms with E-state index in [0.717, 1.165) is 32.9 Å². The molecule has 2 heterocycles. The highest BCUT2D eigenvalue weighted by molar-refractivity contribution is 7.89. The van der Waals surface area contributed by atoms with Gasteiger partial charge < -0.3 is 24.6 Å². The molecule has 0 aliphatic carbocycles. The molecule has 1 aliphatic heterocycles. The lowest BCUT2D eigenvalue weighted by atomic mass is 10.0. The Morgan fingerprint density at radius 3 is 2.59 bits per heavy atom. The van der Waals surface area contributed by atoms with Crippen LogP contribution in [0.2, 0.25) is 0 Å². The number of rotatable bonds is 9. The summed E-state index contributed by atoms with van der Waals surface area (Å²) < 4.78 is 49.7. The zero-order chi connectivity index (χ0) is 33.2. The Labute approximate surface area is 268 Å². The lowest BCUT2D eigenvalue weighted by Gasteiger charge is -2.33. The van der Waals surface area contributed by atoms with Gasteiger partial charge >= 0.3 is 0 Å². The van der Waals surface area contributed by atoms with E-state index in [-0.39, 0.29) is 55.2 Å². The number of nitrogens with one attached hydrogen (secondary N) is 1. The van der Waals surface area contributed by atoms with Crippen molar-refractivity contribution in [2.45, 2.75) is 43.7 Å². The summed E-state index contributed by atoms with van der Waals surface area (Å²) in [7, 11) is -0.612. The van der Waals surface area contributed by atoms with E-state index in [0.29, 0.717) is 17.0 Å². The van der Waals surface area contributed by atoms with Crippen LogP contribution in [0.4, 0.5) is 10.1 Å². The van der Waals surface area contributed by atoms with Crippen LogP contribution in [0.1, 0.15) is 25.0 Å². The molecule has 10 nitrogen and oxygen atoms in total. The number of anilines is 1. The van der Waals surface area contributed by atoms with E-state index in [1.165, 1.54) is 19.2 Å². The molecule has 1 aromatic heterocycles. The molecule has 0 spiro atoms. The molecule has 2 amide bonds. The minimum atomic E-state index is -3.97.